The Morgan fingerprint density at radius 3 is 2.21 bits per heavy atom. The Bertz CT molecular complexity index is 531. The van der Waals surface area contributed by atoms with Crippen molar-refractivity contribution in [1.29, 1.82) is 0 Å². The van der Waals surface area contributed by atoms with Crippen LogP contribution in [0.3, 0.4) is 0 Å². The highest BCUT2D eigenvalue weighted by Gasteiger charge is 2.49. The van der Waals surface area contributed by atoms with Crippen LogP contribution in [0.5, 0.6) is 0 Å². The molecule has 0 N–H and O–H groups in total. The summed E-state index contributed by atoms with van der Waals surface area (Å²) in [5.74, 6) is -0.206. The minimum absolute atomic E-state index is 0.0146. The number of anilines is 1. The molecule has 3 nitrogen and oxygen atoms in total. The Hall–Kier alpha value is -1.16. The molecule has 0 aromatic heterocycles. The second-order valence-corrected chi connectivity index (χ2v) is 6.32. The summed E-state index contributed by atoms with van der Waals surface area (Å²) in [4.78, 5) is 26.3. The summed E-state index contributed by atoms with van der Waals surface area (Å²) in [6.45, 7) is 1.99. The second-order valence-electron chi connectivity index (χ2n) is 5.46. The van der Waals surface area contributed by atoms with Gasteiger partial charge in [0.05, 0.1) is 17.5 Å². The maximum atomic E-state index is 12.5. The summed E-state index contributed by atoms with van der Waals surface area (Å²) in [7, 11) is 0. The van der Waals surface area contributed by atoms with Gasteiger partial charge in [-0.3, -0.25) is 9.59 Å². The fraction of sp³-hybridized carbons (Fsp3) is 0.467. The van der Waals surface area contributed by atoms with Gasteiger partial charge in [0.15, 0.2) is 0 Å². The van der Waals surface area contributed by atoms with Gasteiger partial charge >= 0.3 is 0 Å². The Kier molecular flexibility index (Phi) is 3.21. The van der Waals surface area contributed by atoms with Crippen molar-refractivity contribution < 1.29 is 9.59 Å². The zero-order valence-electron chi connectivity index (χ0n) is 10.9. The van der Waals surface area contributed by atoms with Crippen molar-refractivity contribution in [2.75, 3.05) is 4.90 Å². The Morgan fingerprint density at radius 1 is 1.11 bits per heavy atom. The number of aryl methyl sites for hydroxylation is 1. The monoisotopic (exact) mass is 321 g/mol. The predicted octanol–water partition coefficient (Wildman–Crippen LogP) is 3.44. The largest absolute Gasteiger partial charge is 0.274 e. The van der Waals surface area contributed by atoms with Crippen LogP contribution in [0.4, 0.5) is 5.69 Å². The molecule has 2 amide bonds. The lowest BCUT2D eigenvalue weighted by atomic mass is 9.81. The molecular formula is C15H16BrNO2. The molecule has 3 rings (SSSR count). The first-order chi connectivity index (χ1) is 9.09. The predicted molar refractivity (Wildman–Crippen MR) is 76.8 cm³/mol. The quantitative estimate of drug-likeness (QED) is 0.743. The van der Waals surface area contributed by atoms with Crippen molar-refractivity contribution in [3.8, 4) is 0 Å². The van der Waals surface area contributed by atoms with Crippen molar-refractivity contribution in [2.45, 2.75) is 32.6 Å². The molecule has 1 aliphatic carbocycles. The zero-order valence-corrected chi connectivity index (χ0v) is 12.4. The first-order valence-corrected chi connectivity index (χ1v) is 7.53. The van der Waals surface area contributed by atoms with Gasteiger partial charge in [0.1, 0.15) is 0 Å². The maximum Gasteiger partial charge on any atom is 0.237 e. The number of fused-ring (bicyclic) bond motifs is 1. The highest BCUT2D eigenvalue weighted by Crippen LogP contribution is 2.41. The first kappa shape index (κ1) is 12.9. The molecule has 1 heterocycles. The molecule has 1 aliphatic heterocycles. The van der Waals surface area contributed by atoms with E-state index >= 15 is 0 Å². The first-order valence-electron chi connectivity index (χ1n) is 6.73. The molecule has 0 radical (unpaired) electrons. The Morgan fingerprint density at radius 2 is 1.68 bits per heavy atom. The molecule has 1 saturated carbocycles. The molecule has 2 aliphatic rings. The molecule has 0 bridgehead atoms. The molecule has 100 valence electrons. The lowest BCUT2D eigenvalue weighted by Gasteiger charge is -2.19. The van der Waals surface area contributed by atoms with Gasteiger partial charge in [0.25, 0.3) is 0 Å². The summed E-state index contributed by atoms with van der Waals surface area (Å²) in [5, 5.41) is 0. The average Bonchev–Trinajstić information content (AvgIpc) is 2.64. The summed E-state index contributed by atoms with van der Waals surface area (Å²) in [6, 6.07) is 5.73. The van der Waals surface area contributed by atoms with Crippen LogP contribution in [-0.4, -0.2) is 11.8 Å². The molecule has 1 saturated heterocycles. The van der Waals surface area contributed by atoms with E-state index in [1.165, 1.54) is 4.90 Å². The van der Waals surface area contributed by atoms with Gasteiger partial charge in [0, 0.05) is 4.47 Å². The highest BCUT2D eigenvalue weighted by atomic mass is 79.9. The van der Waals surface area contributed by atoms with Gasteiger partial charge in [-0.1, -0.05) is 18.9 Å². The highest BCUT2D eigenvalue weighted by molar-refractivity contribution is 9.10. The summed E-state index contributed by atoms with van der Waals surface area (Å²) in [6.07, 6.45) is 3.83. The summed E-state index contributed by atoms with van der Waals surface area (Å²) < 4.78 is 0.813. The minimum Gasteiger partial charge on any atom is -0.274 e. The third kappa shape index (κ3) is 2.02. The van der Waals surface area contributed by atoms with Crippen LogP contribution in [0.1, 0.15) is 31.2 Å². The lowest BCUT2D eigenvalue weighted by molar-refractivity contribution is -0.122. The van der Waals surface area contributed by atoms with Gasteiger partial charge < -0.3 is 0 Å². The van der Waals surface area contributed by atoms with Crippen LogP contribution in [0.15, 0.2) is 22.7 Å². The van der Waals surface area contributed by atoms with Crippen molar-refractivity contribution in [2.24, 2.45) is 11.8 Å². The van der Waals surface area contributed by atoms with Crippen molar-refractivity contribution >= 4 is 33.4 Å². The molecular weight excluding hydrogens is 306 g/mol. The number of amides is 2. The molecule has 4 heteroatoms. The van der Waals surface area contributed by atoms with E-state index in [0.29, 0.717) is 5.69 Å². The molecule has 1 aromatic carbocycles. The van der Waals surface area contributed by atoms with Crippen LogP contribution < -0.4 is 4.90 Å². The van der Waals surface area contributed by atoms with Crippen molar-refractivity contribution in [1.82, 2.24) is 0 Å². The lowest BCUT2D eigenvalue weighted by Crippen LogP contribution is -2.31. The topological polar surface area (TPSA) is 37.4 Å². The van der Waals surface area contributed by atoms with Gasteiger partial charge in [0.2, 0.25) is 11.8 Å². The average molecular weight is 322 g/mol. The number of hydrogen-bond donors (Lipinski definition) is 0. The third-order valence-corrected chi connectivity index (χ3v) is 4.82. The minimum atomic E-state index is -0.0885. The van der Waals surface area contributed by atoms with Crippen LogP contribution >= 0.6 is 15.9 Å². The van der Waals surface area contributed by atoms with Gasteiger partial charge in [-0.05, 0) is 53.4 Å². The maximum absolute atomic E-state index is 12.5. The van der Waals surface area contributed by atoms with E-state index < -0.39 is 0 Å². The molecule has 19 heavy (non-hydrogen) atoms. The van der Waals surface area contributed by atoms with E-state index in [0.717, 1.165) is 35.7 Å². The zero-order chi connectivity index (χ0) is 13.6. The normalized spacial score (nSPS) is 26.7. The smallest absolute Gasteiger partial charge is 0.237 e. The number of carbonyl (C=O) groups is 2. The summed E-state index contributed by atoms with van der Waals surface area (Å²) >= 11 is 3.47. The number of carbonyl (C=O) groups excluding carboxylic acids is 2. The van der Waals surface area contributed by atoms with E-state index in [1.807, 2.05) is 25.1 Å². The van der Waals surface area contributed by atoms with Crippen LogP contribution in [0.2, 0.25) is 0 Å². The van der Waals surface area contributed by atoms with Gasteiger partial charge in [-0.25, -0.2) is 4.90 Å². The number of halogens is 1. The molecule has 1 aromatic rings. The number of rotatable bonds is 1. The Balaban J connectivity index is 2.00. The van der Waals surface area contributed by atoms with Crippen LogP contribution in [-0.2, 0) is 9.59 Å². The standard InChI is InChI=1S/C15H16BrNO2/c1-9-6-7-13(12(16)8-9)17-14(18)10-4-2-3-5-11(10)15(17)19/h6-8,10-11H,2-5H2,1H3. The Labute approximate surface area is 121 Å². The van der Waals surface area contributed by atoms with E-state index in [9.17, 15) is 9.59 Å². The SMILES string of the molecule is Cc1ccc(N2C(=O)C3CCCCC3C2=O)c(Br)c1. The fourth-order valence-corrected chi connectivity index (χ4v) is 3.86. The number of hydrogen-bond acceptors (Lipinski definition) is 2. The van der Waals surface area contributed by atoms with E-state index in [2.05, 4.69) is 15.9 Å². The van der Waals surface area contributed by atoms with Crippen molar-refractivity contribution in [3.63, 3.8) is 0 Å². The molecule has 0 spiro atoms. The van der Waals surface area contributed by atoms with Gasteiger partial charge in [-0.15, -0.1) is 0 Å². The van der Waals surface area contributed by atoms with E-state index in [1.54, 1.807) is 0 Å². The van der Waals surface area contributed by atoms with E-state index in [-0.39, 0.29) is 23.7 Å². The molecule has 2 unspecified atom stereocenters. The summed E-state index contributed by atoms with van der Waals surface area (Å²) in [5.41, 5.74) is 1.79. The number of nitrogens with zero attached hydrogens (tertiary/aromatic N) is 1. The van der Waals surface area contributed by atoms with Gasteiger partial charge in [-0.2, -0.15) is 0 Å². The fourth-order valence-electron chi connectivity index (χ4n) is 3.19. The van der Waals surface area contributed by atoms with E-state index in [4.69, 9.17) is 0 Å². The van der Waals surface area contributed by atoms with Crippen LogP contribution in [0.25, 0.3) is 0 Å². The number of benzene rings is 1. The third-order valence-electron chi connectivity index (χ3n) is 4.19. The van der Waals surface area contributed by atoms with Crippen LogP contribution in [0, 0.1) is 18.8 Å². The second kappa shape index (κ2) is 4.75. The van der Waals surface area contributed by atoms with Crippen molar-refractivity contribution in [3.05, 3.63) is 28.2 Å². The number of imide groups is 1. The molecule has 2 atom stereocenters. The molecule has 2 fully saturated rings.